The van der Waals surface area contributed by atoms with E-state index in [1.54, 1.807) is 18.2 Å². The van der Waals surface area contributed by atoms with Crippen molar-refractivity contribution in [3.05, 3.63) is 63.4 Å². The average Bonchev–Trinajstić information content (AvgIpc) is 2.48. The van der Waals surface area contributed by atoms with Gasteiger partial charge >= 0.3 is 0 Å². The molecule has 3 nitrogen and oxygen atoms in total. The molecule has 0 aliphatic rings. The molecule has 0 bridgehead atoms. The summed E-state index contributed by atoms with van der Waals surface area (Å²) in [4.78, 5) is 12.1. The highest BCUT2D eigenvalue weighted by Crippen LogP contribution is 2.22. The molecule has 0 radical (unpaired) electrons. The largest absolute Gasteiger partial charge is 0.496 e. The highest BCUT2D eigenvalue weighted by atomic mass is 35.5. The van der Waals surface area contributed by atoms with E-state index in [4.69, 9.17) is 27.9 Å². The lowest BCUT2D eigenvalue weighted by atomic mass is 10.1. The molecule has 0 fully saturated rings. The number of methoxy groups -OCH3 is 1. The summed E-state index contributed by atoms with van der Waals surface area (Å²) < 4.78 is 18.2. The van der Waals surface area contributed by atoms with Crippen LogP contribution >= 0.6 is 23.2 Å². The predicted molar refractivity (Wildman–Crippen MR) is 80.6 cm³/mol. The molecule has 21 heavy (non-hydrogen) atoms. The summed E-state index contributed by atoms with van der Waals surface area (Å²) >= 11 is 11.6. The third-order valence-electron chi connectivity index (χ3n) is 2.84. The minimum absolute atomic E-state index is 0.0158. The molecule has 2 rings (SSSR count). The minimum Gasteiger partial charge on any atom is -0.496 e. The van der Waals surface area contributed by atoms with Crippen LogP contribution in [0.3, 0.4) is 0 Å². The zero-order valence-electron chi connectivity index (χ0n) is 11.1. The van der Waals surface area contributed by atoms with Crippen LogP contribution in [0, 0.1) is 5.82 Å². The minimum atomic E-state index is -0.497. The monoisotopic (exact) mass is 327 g/mol. The van der Waals surface area contributed by atoms with E-state index in [2.05, 4.69) is 5.32 Å². The van der Waals surface area contributed by atoms with E-state index < -0.39 is 5.82 Å². The Morgan fingerprint density at radius 1 is 1.24 bits per heavy atom. The highest BCUT2D eigenvalue weighted by molar-refractivity contribution is 6.31. The first-order valence-electron chi connectivity index (χ1n) is 6.07. The Labute approximate surface area is 131 Å². The summed E-state index contributed by atoms with van der Waals surface area (Å²) in [6.45, 7) is 0.217. The van der Waals surface area contributed by atoms with Crippen molar-refractivity contribution >= 4 is 29.1 Å². The van der Waals surface area contributed by atoms with Gasteiger partial charge in [-0.1, -0.05) is 29.3 Å². The lowest BCUT2D eigenvalue weighted by Gasteiger charge is -2.10. The summed E-state index contributed by atoms with van der Waals surface area (Å²) in [6.07, 6.45) is 0. The van der Waals surface area contributed by atoms with Crippen LogP contribution in [-0.2, 0) is 6.54 Å². The Kier molecular flexibility index (Phi) is 5.04. The fraction of sp³-hybridized carbons (Fsp3) is 0.133. The normalized spacial score (nSPS) is 10.3. The maximum Gasteiger partial charge on any atom is 0.255 e. The second kappa shape index (κ2) is 6.78. The van der Waals surface area contributed by atoms with E-state index in [1.165, 1.54) is 25.3 Å². The van der Waals surface area contributed by atoms with E-state index in [-0.39, 0.29) is 17.5 Å². The SMILES string of the molecule is COc1ccc(Cl)cc1C(=O)NCc1ccc(F)c(Cl)c1. The molecule has 0 aromatic heterocycles. The van der Waals surface area contributed by atoms with Crippen molar-refractivity contribution in [2.75, 3.05) is 7.11 Å². The van der Waals surface area contributed by atoms with Crippen LogP contribution < -0.4 is 10.1 Å². The summed E-state index contributed by atoms with van der Waals surface area (Å²) in [5.41, 5.74) is 1.02. The zero-order chi connectivity index (χ0) is 15.4. The summed E-state index contributed by atoms with van der Waals surface area (Å²) in [6, 6.07) is 9.04. The molecule has 0 aliphatic heterocycles. The van der Waals surface area contributed by atoms with Crippen LogP contribution in [0.4, 0.5) is 4.39 Å². The molecule has 2 aromatic rings. The fourth-order valence-corrected chi connectivity index (χ4v) is 2.16. The number of hydrogen-bond acceptors (Lipinski definition) is 2. The second-order valence-corrected chi connectivity index (χ2v) is 5.12. The number of benzene rings is 2. The number of halogens is 3. The zero-order valence-corrected chi connectivity index (χ0v) is 12.6. The van der Waals surface area contributed by atoms with Gasteiger partial charge in [-0.15, -0.1) is 0 Å². The molecule has 6 heteroatoms. The second-order valence-electron chi connectivity index (χ2n) is 4.28. The van der Waals surface area contributed by atoms with E-state index in [0.29, 0.717) is 21.9 Å². The molecular formula is C15H12Cl2FNO2. The fourth-order valence-electron chi connectivity index (χ4n) is 1.78. The number of nitrogens with one attached hydrogen (secondary N) is 1. The Balaban J connectivity index is 2.11. The average molecular weight is 328 g/mol. The molecule has 0 saturated carbocycles. The van der Waals surface area contributed by atoms with Gasteiger partial charge in [0.1, 0.15) is 11.6 Å². The van der Waals surface area contributed by atoms with Gasteiger partial charge in [-0.25, -0.2) is 4.39 Å². The van der Waals surface area contributed by atoms with Crippen LogP contribution in [0.15, 0.2) is 36.4 Å². The molecule has 0 aliphatic carbocycles. The van der Waals surface area contributed by atoms with E-state index >= 15 is 0 Å². The molecule has 1 amide bonds. The van der Waals surface area contributed by atoms with E-state index in [9.17, 15) is 9.18 Å². The maximum absolute atomic E-state index is 13.1. The van der Waals surface area contributed by atoms with Crippen LogP contribution in [0.2, 0.25) is 10.0 Å². The summed E-state index contributed by atoms with van der Waals surface area (Å²) in [7, 11) is 1.47. The number of ether oxygens (including phenoxy) is 1. The molecule has 110 valence electrons. The van der Waals surface area contributed by atoms with Crippen molar-refractivity contribution in [1.82, 2.24) is 5.32 Å². The van der Waals surface area contributed by atoms with E-state index in [0.717, 1.165) is 0 Å². The molecule has 2 aromatic carbocycles. The molecular weight excluding hydrogens is 316 g/mol. The number of carbonyl (C=O) groups excluding carboxylic acids is 1. The summed E-state index contributed by atoms with van der Waals surface area (Å²) in [5.74, 6) is -0.410. The van der Waals surface area contributed by atoms with Crippen LogP contribution in [0.5, 0.6) is 5.75 Å². The first kappa shape index (κ1) is 15.6. The van der Waals surface area contributed by atoms with Gasteiger partial charge in [0.15, 0.2) is 0 Å². The molecule has 0 atom stereocenters. The van der Waals surface area contributed by atoms with Crippen molar-refractivity contribution in [3.63, 3.8) is 0 Å². The number of rotatable bonds is 4. The molecule has 0 saturated heterocycles. The lowest BCUT2D eigenvalue weighted by Crippen LogP contribution is -2.23. The van der Waals surface area contributed by atoms with Crippen LogP contribution in [-0.4, -0.2) is 13.0 Å². The van der Waals surface area contributed by atoms with Crippen molar-refractivity contribution in [1.29, 1.82) is 0 Å². The van der Waals surface area contributed by atoms with Crippen molar-refractivity contribution in [2.24, 2.45) is 0 Å². The maximum atomic E-state index is 13.1. The Bertz CT molecular complexity index is 677. The third kappa shape index (κ3) is 3.86. The third-order valence-corrected chi connectivity index (χ3v) is 3.37. The Hall–Kier alpha value is -1.78. The lowest BCUT2D eigenvalue weighted by molar-refractivity contribution is 0.0948. The van der Waals surface area contributed by atoms with Crippen LogP contribution in [0.1, 0.15) is 15.9 Å². The Morgan fingerprint density at radius 3 is 2.67 bits per heavy atom. The number of carbonyl (C=O) groups is 1. The van der Waals surface area contributed by atoms with Crippen molar-refractivity contribution in [3.8, 4) is 5.75 Å². The number of amides is 1. The first-order chi connectivity index (χ1) is 10.0. The highest BCUT2D eigenvalue weighted by Gasteiger charge is 2.13. The van der Waals surface area contributed by atoms with Gasteiger partial charge in [-0.2, -0.15) is 0 Å². The van der Waals surface area contributed by atoms with Gasteiger partial charge < -0.3 is 10.1 Å². The molecule has 0 unspecified atom stereocenters. The Morgan fingerprint density at radius 2 is 2.00 bits per heavy atom. The standard InChI is InChI=1S/C15H12Cl2FNO2/c1-21-14-5-3-10(16)7-11(14)15(20)19-8-9-2-4-13(18)12(17)6-9/h2-7H,8H2,1H3,(H,19,20). The number of hydrogen-bond donors (Lipinski definition) is 1. The van der Waals surface area contributed by atoms with Crippen molar-refractivity contribution < 1.29 is 13.9 Å². The van der Waals surface area contributed by atoms with Gasteiger partial charge in [-0.3, -0.25) is 4.79 Å². The van der Waals surface area contributed by atoms with Gasteiger partial charge in [-0.05, 0) is 35.9 Å². The summed E-state index contributed by atoms with van der Waals surface area (Å²) in [5, 5.41) is 3.16. The van der Waals surface area contributed by atoms with Crippen LogP contribution in [0.25, 0.3) is 0 Å². The smallest absolute Gasteiger partial charge is 0.255 e. The van der Waals surface area contributed by atoms with Gasteiger partial charge in [0.05, 0.1) is 17.7 Å². The first-order valence-corrected chi connectivity index (χ1v) is 6.82. The van der Waals surface area contributed by atoms with Gasteiger partial charge in [0, 0.05) is 11.6 Å². The van der Waals surface area contributed by atoms with Crippen molar-refractivity contribution in [2.45, 2.75) is 6.54 Å². The quantitative estimate of drug-likeness (QED) is 0.919. The molecule has 1 N–H and O–H groups in total. The predicted octanol–water partition coefficient (Wildman–Crippen LogP) is 4.07. The van der Waals surface area contributed by atoms with Gasteiger partial charge in [0.2, 0.25) is 0 Å². The van der Waals surface area contributed by atoms with E-state index in [1.807, 2.05) is 0 Å². The topological polar surface area (TPSA) is 38.3 Å². The molecule has 0 heterocycles. The van der Waals surface area contributed by atoms with Gasteiger partial charge in [0.25, 0.3) is 5.91 Å². The molecule has 0 spiro atoms.